The van der Waals surface area contributed by atoms with Crippen molar-refractivity contribution >= 4 is 17.4 Å². The first kappa shape index (κ1) is 12.6. The van der Waals surface area contributed by atoms with E-state index >= 15 is 0 Å². The molecule has 1 aliphatic heterocycles. The number of rotatable bonds is 3. The van der Waals surface area contributed by atoms with Gasteiger partial charge in [-0.1, -0.05) is 11.6 Å². The summed E-state index contributed by atoms with van der Waals surface area (Å²) < 4.78 is 1.63. The van der Waals surface area contributed by atoms with E-state index in [0.717, 1.165) is 37.2 Å². The largest absolute Gasteiger partial charge is 0.317 e. The third-order valence-corrected chi connectivity index (χ3v) is 3.89. The molecule has 0 bridgehead atoms. The fraction of sp³-hybridized carbons (Fsp3) is 0.667. The first-order chi connectivity index (χ1) is 8.09. The highest BCUT2D eigenvalue weighted by atomic mass is 35.5. The number of Topliss-reactive ketones (excluding diaryl/α,β-unsaturated/α-hetero) is 1. The van der Waals surface area contributed by atoms with Crippen LogP contribution in [0.5, 0.6) is 0 Å². The zero-order valence-electron chi connectivity index (χ0n) is 10.3. The standard InChI is InChI=1S/C12H18ClN3O/c1-8-10(12(13)16(2)15-8)7-11(17)9-3-5-14-6-4-9/h9,14H,3-7H2,1-2H3. The van der Waals surface area contributed by atoms with Gasteiger partial charge in [-0.25, -0.2) is 0 Å². The summed E-state index contributed by atoms with van der Waals surface area (Å²) in [6.45, 7) is 3.78. The summed E-state index contributed by atoms with van der Waals surface area (Å²) >= 11 is 6.13. The van der Waals surface area contributed by atoms with Gasteiger partial charge in [-0.3, -0.25) is 9.48 Å². The molecule has 1 saturated heterocycles. The van der Waals surface area contributed by atoms with Crippen LogP contribution in [0.2, 0.25) is 5.15 Å². The van der Waals surface area contributed by atoms with Gasteiger partial charge in [0.2, 0.25) is 0 Å². The predicted molar refractivity (Wildman–Crippen MR) is 67.3 cm³/mol. The molecule has 0 saturated carbocycles. The number of hydrogen-bond acceptors (Lipinski definition) is 3. The number of carbonyl (C=O) groups excluding carboxylic acids is 1. The summed E-state index contributed by atoms with van der Waals surface area (Å²) in [6.07, 6.45) is 2.30. The maximum absolute atomic E-state index is 12.2. The highest BCUT2D eigenvalue weighted by Crippen LogP contribution is 2.22. The third-order valence-electron chi connectivity index (χ3n) is 3.42. The average Bonchev–Trinajstić information content (AvgIpc) is 2.57. The molecule has 4 nitrogen and oxygen atoms in total. The predicted octanol–water partition coefficient (Wildman–Crippen LogP) is 1.49. The molecule has 1 N–H and O–H groups in total. The number of ketones is 1. The van der Waals surface area contributed by atoms with Crippen LogP contribution < -0.4 is 5.32 Å². The third kappa shape index (κ3) is 2.69. The summed E-state index contributed by atoms with van der Waals surface area (Å²) in [7, 11) is 1.80. The summed E-state index contributed by atoms with van der Waals surface area (Å²) in [5, 5.41) is 8.08. The molecule has 0 amide bonds. The zero-order chi connectivity index (χ0) is 12.4. The van der Waals surface area contributed by atoms with Gasteiger partial charge in [0.15, 0.2) is 0 Å². The van der Waals surface area contributed by atoms with Crippen LogP contribution in [0.25, 0.3) is 0 Å². The van der Waals surface area contributed by atoms with Gasteiger partial charge in [0.1, 0.15) is 10.9 Å². The minimum absolute atomic E-state index is 0.187. The van der Waals surface area contributed by atoms with Crippen molar-refractivity contribution in [1.29, 1.82) is 0 Å². The number of aromatic nitrogens is 2. The van der Waals surface area contributed by atoms with Gasteiger partial charge in [-0.2, -0.15) is 5.10 Å². The number of halogens is 1. The Morgan fingerprint density at radius 1 is 1.53 bits per heavy atom. The number of piperidine rings is 1. The van der Waals surface area contributed by atoms with E-state index in [1.807, 2.05) is 6.92 Å². The van der Waals surface area contributed by atoms with Gasteiger partial charge in [-0.15, -0.1) is 0 Å². The van der Waals surface area contributed by atoms with Gasteiger partial charge in [0, 0.05) is 24.9 Å². The molecule has 1 aromatic heterocycles. The molecule has 0 spiro atoms. The average molecular weight is 256 g/mol. The molecule has 2 heterocycles. The molecular formula is C12H18ClN3O. The molecule has 17 heavy (non-hydrogen) atoms. The Balaban J connectivity index is 2.07. The molecule has 94 valence electrons. The van der Waals surface area contributed by atoms with Crippen molar-refractivity contribution in [2.45, 2.75) is 26.2 Å². The Morgan fingerprint density at radius 3 is 2.71 bits per heavy atom. The Hall–Kier alpha value is -0.870. The van der Waals surface area contributed by atoms with Crippen LogP contribution >= 0.6 is 11.6 Å². The fourth-order valence-corrected chi connectivity index (χ4v) is 2.58. The Morgan fingerprint density at radius 2 is 2.18 bits per heavy atom. The normalized spacial score (nSPS) is 17.4. The van der Waals surface area contributed by atoms with E-state index in [1.165, 1.54) is 0 Å². The Kier molecular flexibility index (Phi) is 3.84. The number of carbonyl (C=O) groups is 1. The van der Waals surface area contributed by atoms with Crippen LogP contribution in [0.1, 0.15) is 24.1 Å². The molecule has 0 aliphatic carbocycles. The van der Waals surface area contributed by atoms with Gasteiger partial charge in [0.25, 0.3) is 0 Å². The molecular weight excluding hydrogens is 238 g/mol. The molecule has 1 fully saturated rings. The lowest BCUT2D eigenvalue weighted by Gasteiger charge is -2.21. The van der Waals surface area contributed by atoms with Gasteiger partial charge in [-0.05, 0) is 32.9 Å². The van der Waals surface area contributed by atoms with E-state index < -0.39 is 0 Å². The van der Waals surface area contributed by atoms with E-state index in [-0.39, 0.29) is 5.92 Å². The minimum atomic E-state index is 0.187. The van der Waals surface area contributed by atoms with Crippen LogP contribution in [-0.4, -0.2) is 28.7 Å². The Bertz CT molecular complexity index is 422. The van der Waals surface area contributed by atoms with E-state index in [1.54, 1.807) is 11.7 Å². The smallest absolute Gasteiger partial charge is 0.140 e. The molecule has 5 heteroatoms. The van der Waals surface area contributed by atoms with Crippen LogP contribution in [0.15, 0.2) is 0 Å². The maximum atomic E-state index is 12.2. The molecule has 2 rings (SSSR count). The SMILES string of the molecule is Cc1nn(C)c(Cl)c1CC(=O)C1CCNCC1. The number of aryl methyl sites for hydroxylation is 2. The quantitative estimate of drug-likeness (QED) is 0.890. The number of nitrogens with one attached hydrogen (secondary N) is 1. The zero-order valence-corrected chi connectivity index (χ0v) is 11.0. The highest BCUT2D eigenvalue weighted by molar-refractivity contribution is 6.30. The molecule has 1 aliphatic rings. The minimum Gasteiger partial charge on any atom is -0.317 e. The molecule has 0 unspecified atom stereocenters. The van der Waals surface area contributed by atoms with E-state index in [0.29, 0.717) is 17.4 Å². The van der Waals surface area contributed by atoms with Crippen molar-refractivity contribution in [2.24, 2.45) is 13.0 Å². The lowest BCUT2D eigenvalue weighted by molar-refractivity contribution is -0.122. The number of hydrogen-bond donors (Lipinski definition) is 1. The summed E-state index contributed by atoms with van der Waals surface area (Å²) in [5.74, 6) is 0.483. The molecule has 0 aromatic carbocycles. The van der Waals surface area contributed by atoms with Crippen molar-refractivity contribution < 1.29 is 4.79 Å². The van der Waals surface area contributed by atoms with Crippen LogP contribution in [0.4, 0.5) is 0 Å². The highest BCUT2D eigenvalue weighted by Gasteiger charge is 2.23. The second-order valence-electron chi connectivity index (χ2n) is 4.65. The molecule has 0 atom stereocenters. The first-order valence-corrected chi connectivity index (χ1v) is 6.38. The van der Waals surface area contributed by atoms with E-state index in [2.05, 4.69) is 10.4 Å². The fourth-order valence-electron chi connectivity index (χ4n) is 2.34. The van der Waals surface area contributed by atoms with Crippen LogP contribution in [0, 0.1) is 12.8 Å². The lowest BCUT2D eigenvalue weighted by atomic mass is 9.90. The molecule has 1 aromatic rings. The monoisotopic (exact) mass is 255 g/mol. The van der Waals surface area contributed by atoms with Crippen LogP contribution in [0.3, 0.4) is 0 Å². The van der Waals surface area contributed by atoms with E-state index in [4.69, 9.17) is 11.6 Å². The second kappa shape index (κ2) is 5.19. The van der Waals surface area contributed by atoms with E-state index in [9.17, 15) is 4.79 Å². The lowest BCUT2D eigenvalue weighted by Crippen LogP contribution is -2.32. The molecule has 0 radical (unpaired) electrons. The topological polar surface area (TPSA) is 46.9 Å². The number of nitrogens with zero attached hydrogens (tertiary/aromatic N) is 2. The summed E-state index contributed by atoms with van der Waals surface area (Å²) in [4.78, 5) is 12.2. The second-order valence-corrected chi connectivity index (χ2v) is 5.00. The van der Waals surface area contributed by atoms with Gasteiger partial charge >= 0.3 is 0 Å². The summed E-state index contributed by atoms with van der Waals surface area (Å²) in [6, 6.07) is 0. The summed E-state index contributed by atoms with van der Waals surface area (Å²) in [5.41, 5.74) is 1.75. The Labute approximate surface area is 106 Å². The maximum Gasteiger partial charge on any atom is 0.140 e. The van der Waals surface area contributed by atoms with Crippen LogP contribution in [-0.2, 0) is 18.3 Å². The van der Waals surface area contributed by atoms with Gasteiger partial charge in [0.05, 0.1) is 5.69 Å². The van der Waals surface area contributed by atoms with Crippen molar-refractivity contribution in [2.75, 3.05) is 13.1 Å². The van der Waals surface area contributed by atoms with Crippen molar-refractivity contribution in [1.82, 2.24) is 15.1 Å². The van der Waals surface area contributed by atoms with Gasteiger partial charge < -0.3 is 5.32 Å². The first-order valence-electron chi connectivity index (χ1n) is 6.01. The van der Waals surface area contributed by atoms with Crippen molar-refractivity contribution in [3.63, 3.8) is 0 Å². The van der Waals surface area contributed by atoms with Crippen molar-refractivity contribution in [3.05, 3.63) is 16.4 Å². The van der Waals surface area contributed by atoms with Crippen molar-refractivity contribution in [3.8, 4) is 0 Å².